The zero-order valence-corrected chi connectivity index (χ0v) is 10.7. The maximum absolute atomic E-state index is 11.4. The number of rotatable bonds is 8. The van der Waals surface area contributed by atoms with Gasteiger partial charge in [-0.15, -0.1) is 0 Å². The third-order valence-corrected chi connectivity index (χ3v) is 2.81. The van der Waals surface area contributed by atoms with Crippen LogP contribution in [0, 0.1) is 0 Å². The number of nitrogens with one attached hydrogen (secondary N) is 3. The number of aromatic nitrogens is 2. The van der Waals surface area contributed by atoms with Gasteiger partial charge in [-0.25, -0.2) is 4.98 Å². The maximum atomic E-state index is 11.4. The summed E-state index contributed by atoms with van der Waals surface area (Å²) in [5.74, 6) is 1.94. The lowest BCUT2D eigenvalue weighted by molar-refractivity contribution is 0.200. The second kappa shape index (κ2) is 6.51. The molecule has 0 unspecified atom stereocenters. The number of methoxy groups -OCH3 is 1. The average Bonchev–Trinajstić information content (AvgIpc) is 3.17. The van der Waals surface area contributed by atoms with Gasteiger partial charge in [-0.3, -0.25) is 4.79 Å². The summed E-state index contributed by atoms with van der Waals surface area (Å²) < 4.78 is 4.93. The van der Waals surface area contributed by atoms with Gasteiger partial charge in [0.25, 0.3) is 5.56 Å². The molecule has 1 aliphatic rings. The molecule has 0 radical (unpaired) electrons. The Hall–Kier alpha value is -1.40. The Bertz CT molecular complexity index is 428. The molecule has 0 amide bonds. The van der Waals surface area contributed by atoms with Gasteiger partial charge in [-0.2, -0.15) is 0 Å². The van der Waals surface area contributed by atoms with Crippen molar-refractivity contribution in [1.82, 2.24) is 15.3 Å². The second-order valence-corrected chi connectivity index (χ2v) is 4.46. The standard InChI is InChI=1S/C12H20N4O2/c1-18-7-6-13-4-5-14-10-8-11(17)16-12(15-10)9-2-3-9/h8-9,13H,2-7H2,1H3,(H2,14,15,16,17). The number of H-pyrrole nitrogens is 1. The van der Waals surface area contributed by atoms with Gasteiger partial charge in [-0.1, -0.05) is 0 Å². The van der Waals surface area contributed by atoms with Crippen molar-refractivity contribution in [1.29, 1.82) is 0 Å². The van der Waals surface area contributed by atoms with Crippen molar-refractivity contribution < 1.29 is 4.74 Å². The molecule has 1 aliphatic carbocycles. The molecule has 0 atom stereocenters. The van der Waals surface area contributed by atoms with Gasteiger partial charge in [0.05, 0.1) is 6.61 Å². The molecule has 100 valence electrons. The Balaban J connectivity index is 1.76. The summed E-state index contributed by atoms with van der Waals surface area (Å²) >= 11 is 0. The van der Waals surface area contributed by atoms with Gasteiger partial charge in [0.2, 0.25) is 0 Å². The first-order valence-corrected chi connectivity index (χ1v) is 6.34. The number of nitrogens with zero attached hydrogens (tertiary/aromatic N) is 1. The number of hydrogen-bond donors (Lipinski definition) is 3. The topological polar surface area (TPSA) is 79.0 Å². The highest BCUT2D eigenvalue weighted by Gasteiger charge is 2.26. The van der Waals surface area contributed by atoms with Crippen LogP contribution in [0.3, 0.4) is 0 Å². The van der Waals surface area contributed by atoms with E-state index in [4.69, 9.17) is 4.74 Å². The van der Waals surface area contributed by atoms with E-state index in [-0.39, 0.29) is 5.56 Å². The first kappa shape index (κ1) is 13.0. The summed E-state index contributed by atoms with van der Waals surface area (Å²) in [4.78, 5) is 18.6. The van der Waals surface area contributed by atoms with Gasteiger partial charge in [-0.05, 0) is 12.8 Å². The predicted octanol–water partition coefficient (Wildman–Crippen LogP) is 0.295. The molecule has 1 fully saturated rings. The highest BCUT2D eigenvalue weighted by Crippen LogP contribution is 2.37. The van der Waals surface area contributed by atoms with Crippen molar-refractivity contribution in [2.75, 3.05) is 38.7 Å². The van der Waals surface area contributed by atoms with Crippen LogP contribution in [0.5, 0.6) is 0 Å². The minimum atomic E-state index is -0.0817. The van der Waals surface area contributed by atoms with Crippen molar-refractivity contribution >= 4 is 5.82 Å². The van der Waals surface area contributed by atoms with Crippen LogP contribution in [0.2, 0.25) is 0 Å². The van der Waals surface area contributed by atoms with Gasteiger partial charge in [0.15, 0.2) is 0 Å². The molecule has 6 nitrogen and oxygen atoms in total. The SMILES string of the molecule is COCCNCCNc1cc(=O)[nH]c(C2CC2)n1. The number of anilines is 1. The summed E-state index contributed by atoms with van der Waals surface area (Å²) in [6.07, 6.45) is 2.26. The summed E-state index contributed by atoms with van der Waals surface area (Å²) in [6.45, 7) is 3.09. The van der Waals surface area contributed by atoms with Crippen molar-refractivity contribution in [2.45, 2.75) is 18.8 Å². The molecule has 1 aromatic rings. The molecule has 1 saturated carbocycles. The third kappa shape index (κ3) is 4.12. The normalized spacial score (nSPS) is 14.7. The predicted molar refractivity (Wildman–Crippen MR) is 70.1 cm³/mol. The molecule has 6 heteroatoms. The molecule has 0 spiro atoms. The highest BCUT2D eigenvalue weighted by molar-refractivity contribution is 5.33. The van der Waals surface area contributed by atoms with E-state index in [1.165, 1.54) is 6.07 Å². The lowest BCUT2D eigenvalue weighted by Crippen LogP contribution is -2.26. The van der Waals surface area contributed by atoms with Crippen molar-refractivity contribution in [3.63, 3.8) is 0 Å². The zero-order valence-electron chi connectivity index (χ0n) is 10.7. The van der Waals surface area contributed by atoms with Crippen LogP contribution in [-0.2, 0) is 4.74 Å². The molecular weight excluding hydrogens is 232 g/mol. The van der Waals surface area contributed by atoms with E-state index in [1.54, 1.807) is 7.11 Å². The van der Waals surface area contributed by atoms with Crippen LogP contribution in [0.15, 0.2) is 10.9 Å². The van der Waals surface area contributed by atoms with E-state index in [0.717, 1.165) is 38.3 Å². The monoisotopic (exact) mass is 252 g/mol. The Morgan fingerprint density at radius 2 is 2.28 bits per heavy atom. The van der Waals surface area contributed by atoms with Crippen LogP contribution < -0.4 is 16.2 Å². The Morgan fingerprint density at radius 3 is 3.00 bits per heavy atom. The lowest BCUT2D eigenvalue weighted by atomic mass is 10.4. The molecule has 18 heavy (non-hydrogen) atoms. The fraction of sp³-hybridized carbons (Fsp3) is 0.667. The second-order valence-electron chi connectivity index (χ2n) is 4.46. The molecule has 0 bridgehead atoms. The first-order valence-electron chi connectivity index (χ1n) is 6.34. The quantitative estimate of drug-likeness (QED) is 0.580. The Labute approximate surface area is 106 Å². The summed E-state index contributed by atoms with van der Waals surface area (Å²) in [5, 5.41) is 6.37. The molecule has 0 aliphatic heterocycles. The maximum Gasteiger partial charge on any atom is 0.252 e. The van der Waals surface area contributed by atoms with Gasteiger partial charge < -0.3 is 20.4 Å². The molecule has 2 rings (SSSR count). The third-order valence-electron chi connectivity index (χ3n) is 2.81. The van der Waals surface area contributed by atoms with E-state index in [9.17, 15) is 4.79 Å². The number of hydrogen-bond acceptors (Lipinski definition) is 5. The van der Waals surface area contributed by atoms with Crippen molar-refractivity contribution in [2.24, 2.45) is 0 Å². The van der Waals surface area contributed by atoms with E-state index < -0.39 is 0 Å². The van der Waals surface area contributed by atoms with Crippen LogP contribution in [0.25, 0.3) is 0 Å². The molecule has 0 saturated heterocycles. The number of aromatic amines is 1. The van der Waals surface area contributed by atoms with E-state index >= 15 is 0 Å². The molecule has 1 aromatic heterocycles. The van der Waals surface area contributed by atoms with Gasteiger partial charge >= 0.3 is 0 Å². The van der Waals surface area contributed by atoms with E-state index in [0.29, 0.717) is 18.3 Å². The van der Waals surface area contributed by atoms with Crippen LogP contribution in [0.4, 0.5) is 5.82 Å². The van der Waals surface area contributed by atoms with Crippen molar-refractivity contribution in [3.05, 3.63) is 22.2 Å². The molecular formula is C12H20N4O2. The summed E-state index contributed by atoms with van der Waals surface area (Å²) in [6, 6.07) is 1.50. The molecule has 1 heterocycles. The molecule has 0 aromatic carbocycles. The van der Waals surface area contributed by atoms with Gasteiger partial charge in [0, 0.05) is 38.7 Å². The minimum Gasteiger partial charge on any atom is -0.383 e. The van der Waals surface area contributed by atoms with Crippen LogP contribution in [-0.4, -0.2) is 43.3 Å². The zero-order chi connectivity index (χ0) is 12.8. The average molecular weight is 252 g/mol. The van der Waals surface area contributed by atoms with Crippen LogP contribution >= 0.6 is 0 Å². The van der Waals surface area contributed by atoms with Crippen LogP contribution in [0.1, 0.15) is 24.6 Å². The fourth-order valence-electron chi connectivity index (χ4n) is 1.70. The Morgan fingerprint density at radius 1 is 1.44 bits per heavy atom. The molecule has 3 N–H and O–H groups in total. The van der Waals surface area contributed by atoms with E-state index in [2.05, 4.69) is 20.6 Å². The number of ether oxygens (including phenoxy) is 1. The smallest absolute Gasteiger partial charge is 0.252 e. The summed E-state index contributed by atoms with van der Waals surface area (Å²) in [7, 11) is 1.68. The summed E-state index contributed by atoms with van der Waals surface area (Å²) in [5.41, 5.74) is -0.0817. The Kier molecular flexibility index (Phi) is 4.72. The lowest BCUT2D eigenvalue weighted by Gasteiger charge is -2.07. The highest BCUT2D eigenvalue weighted by atomic mass is 16.5. The minimum absolute atomic E-state index is 0.0817. The van der Waals surface area contributed by atoms with E-state index in [1.807, 2.05) is 0 Å². The largest absolute Gasteiger partial charge is 0.383 e. The van der Waals surface area contributed by atoms with Gasteiger partial charge in [0.1, 0.15) is 11.6 Å². The first-order chi connectivity index (χ1) is 8.79. The van der Waals surface area contributed by atoms with Crippen molar-refractivity contribution in [3.8, 4) is 0 Å². The fourth-order valence-corrected chi connectivity index (χ4v) is 1.70.